The van der Waals surface area contributed by atoms with E-state index in [1.54, 1.807) is 6.08 Å². The molecule has 0 aliphatic carbocycles. The Balaban J connectivity index is 2.57. The summed E-state index contributed by atoms with van der Waals surface area (Å²) in [4.78, 5) is 13.1. The molecule has 1 rings (SSSR count). The lowest BCUT2D eigenvalue weighted by Gasteiger charge is -2.41. The molecule has 7 N–H and O–H groups in total. The number of hydrogen-bond acceptors (Lipinski definition) is 11. The van der Waals surface area contributed by atoms with Crippen LogP contribution >= 0.6 is 0 Å². The van der Waals surface area contributed by atoms with Crippen LogP contribution in [-0.2, 0) is 28.9 Å². The van der Waals surface area contributed by atoms with Crippen LogP contribution in [0, 0.1) is 0 Å². The first-order chi connectivity index (χ1) is 31.4. The number of aliphatic hydroxyl groups excluding tert-OH is 5. The van der Waals surface area contributed by atoms with Crippen LogP contribution in [-0.4, -0.2) is 107 Å². The number of hydrogen-bond donors (Lipinski definition) is 7. The van der Waals surface area contributed by atoms with Crippen molar-refractivity contribution >= 4 is 16.3 Å². The quantitative estimate of drug-likeness (QED) is 0.0173. The first kappa shape index (κ1) is 61.0. The lowest BCUT2D eigenvalue weighted by atomic mass is 9.99. The molecule has 1 fully saturated rings. The van der Waals surface area contributed by atoms with E-state index in [0.717, 1.165) is 70.6 Å². The Kier molecular flexibility index (Phi) is 38.5. The number of amides is 1. The molecule has 0 saturated carbocycles. The van der Waals surface area contributed by atoms with Crippen molar-refractivity contribution < 1.29 is 57.0 Å². The van der Waals surface area contributed by atoms with Gasteiger partial charge in [0, 0.05) is 0 Å². The summed E-state index contributed by atoms with van der Waals surface area (Å²) in [7, 11) is -5.13. The Bertz CT molecular complexity index is 1360. The maximum absolute atomic E-state index is 13.1. The van der Waals surface area contributed by atoms with Gasteiger partial charge in [0.25, 0.3) is 0 Å². The number of aliphatic hydroxyl groups is 5. The van der Waals surface area contributed by atoms with E-state index in [4.69, 9.17) is 9.47 Å². The van der Waals surface area contributed by atoms with Gasteiger partial charge in [0.15, 0.2) is 6.29 Å². The topological polar surface area (TPSA) is 212 Å². The van der Waals surface area contributed by atoms with Crippen molar-refractivity contribution in [3.63, 3.8) is 0 Å². The first-order valence-electron chi connectivity index (χ1n) is 25.6. The highest BCUT2D eigenvalue weighted by molar-refractivity contribution is 7.80. The average molecular weight is 944 g/mol. The average Bonchev–Trinajstić information content (AvgIpc) is 3.28. The van der Waals surface area contributed by atoms with Crippen molar-refractivity contribution in [3.8, 4) is 0 Å². The fraction of sp³-hybridized carbons (Fsp3) is 0.824. The summed E-state index contributed by atoms with van der Waals surface area (Å²) >= 11 is 0. The molecular weight excluding hydrogens is 851 g/mol. The SMILES string of the molecule is CCCCCCCCCC/C=C\CCCCCCCCC(O)C(=O)NC(COC1OC(CO)C(O)C(OS(=O)(=O)O)C1O)C(O)/C=C/CC/C=C/CC/C=C/CCCCCCCCCC. The molecule has 0 aromatic rings. The first-order valence-corrected chi connectivity index (χ1v) is 27.0. The summed E-state index contributed by atoms with van der Waals surface area (Å²) in [5.74, 6) is -0.721. The van der Waals surface area contributed by atoms with Gasteiger partial charge in [0.1, 0.15) is 30.5 Å². The third-order valence-electron chi connectivity index (χ3n) is 11.9. The summed E-state index contributed by atoms with van der Waals surface area (Å²) < 4.78 is 47.6. The molecule has 0 bridgehead atoms. The fourth-order valence-corrected chi connectivity index (χ4v) is 8.35. The number of carbonyl (C=O) groups is 1. The van der Waals surface area contributed by atoms with Crippen LogP contribution in [0.15, 0.2) is 48.6 Å². The minimum absolute atomic E-state index is 0.226. The van der Waals surface area contributed by atoms with Gasteiger partial charge in [-0.15, -0.1) is 0 Å². The van der Waals surface area contributed by atoms with Gasteiger partial charge in [-0.05, 0) is 70.6 Å². The second kappa shape index (κ2) is 41.0. The monoisotopic (exact) mass is 944 g/mol. The number of unbranched alkanes of at least 4 members (excludes halogenated alkanes) is 24. The van der Waals surface area contributed by atoms with E-state index >= 15 is 0 Å². The molecule has 8 atom stereocenters. The van der Waals surface area contributed by atoms with E-state index in [1.165, 1.54) is 109 Å². The van der Waals surface area contributed by atoms with Crippen LogP contribution in [0.1, 0.15) is 206 Å². The minimum atomic E-state index is -5.13. The van der Waals surface area contributed by atoms with Crippen LogP contribution in [0.25, 0.3) is 0 Å². The van der Waals surface area contributed by atoms with Crippen LogP contribution in [0.3, 0.4) is 0 Å². The molecule has 0 aromatic carbocycles. The number of nitrogens with one attached hydrogen (secondary N) is 1. The Labute approximate surface area is 394 Å². The van der Waals surface area contributed by atoms with Gasteiger partial charge in [-0.25, -0.2) is 4.18 Å². The number of ether oxygens (including phenoxy) is 2. The third-order valence-corrected chi connectivity index (χ3v) is 12.4. The molecule has 0 spiro atoms. The highest BCUT2D eigenvalue weighted by Gasteiger charge is 2.48. The van der Waals surface area contributed by atoms with E-state index in [9.17, 15) is 43.3 Å². The van der Waals surface area contributed by atoms with Crippen molar-refractivity contribution in [2.45, 2.75) is 255 Å². The lowest BCUT2D eigenvalue weighted by Crippen LogP contribution is -2.61. The van der Waals surface area contributed by atoms with Gasteiger partial charge >= 0.3 is 10.4 Å². The summed E-state index contributed by atoms with van der Waals surface area (Å²) in [5, 5.41) is 55.3. The minimum Gasteiger partial charge on any atom is -0.394 e. The maximum atomic E-state index is 13.1. The van der Waals surface area contributed by atoms with Crippen molar-refractivity contribution in [2.24, 2.45) is 0 Å². The predicted molar refractivity (Wildman–Crippen MR) is 260 cm³/mol. The standard InChI is InChI=1S/C51H93NO12S/c1-3-5-7-9-11-13-15-17-19-21-23-25-27-29-31-33-35-37-39-44(54)43(42-62-51-48(57)49(64-65(59,60)61)47(56)46(41-53)63-51)52-50(58)45(55)40-38-36-34-32-30-28-26-24-22-20-18-16-14-12-10-8-6-4-2/h21-24,29,31,37,39,43-49,51,53-57H,3-20,25-28,30,32-36,38,40-42H2,1-2H3,(H,52,58)(H,59,60,61)/b23-21+,24-22-,31-29+,39-37+. The summed E-state index contributed by atoms with van der Waals surface area (Å²) in [5.41, 5.74) is 0. The van der Waals surface area contributed by atoms with Crippen LogP contribution in [0.5, 0.6) is 0 Å². The van der Waals surface area contributed by atoms with Gasteiger partial charge in [-0.3, -0.25) is 9.35 Å². The van der Waals surface area contributed by atoms with Gasteiger partial charge < -0.3 is 40.3 Å². The van der Waals surface area contributed by atoms with Crippen LogP contribution in [0.4, 0.5) is 0 Å². The molecule has 1 amide bonds. The third kappa shape index (κ3) is 33.2. The summed E-state index contributed by atoms with van der Waals surface area (Å²) in [6.45, 7) is 3.20. The molecule has 65 heavy (non-hydrogen) atoms. The van der Waals surface area contributed by atoms with E-state index in [2.05, 4.69) is 59.8 Å². The van der Waals surface area contributed by atoms with Gasteiger partial charge in [0.2, 0.25) is 5.91 Å². The maximum Gasteiger partial charge on any atom is 0.397 e. The highest BCUT2D eigenvalue weighted by Crippen LogP contribution is 2.26. The zero-order valence-electron chi connectivity index (χ0n) is 40.4. The van der Waals surface area contributed by atoms with Crippen molar-refractivity contribution in [1.82, 2.24) is 5.32 Å². The second-order valence-electron chi connectivity index (χ2n) is 17.9. The zero-order chi connectivity index (χ0) is 47.8. The Morgan fingerprint density at radius 1 is 0.615 bits per heavy atom. The molecule has 380 valence electrons. The van der Waals surface area contributed by atoms with Gasteiger partial charge in [-0.1, -0.05) is 184 Å². The molecule has 8 unspecified atom stereocenters. The Hall–Kier alpha value is -1.98. The highest BCUT2D eigenvalue weighted by atomic mass is 32.3. The molecule has 0 radical (unpaired) electrons. The van der Waals surface area contributed by atoms with Gasteiger partial charge in [-0.2, -0.15) is 8.42 Å². The summed E-state index contributed by atoms with van der Waals surface area (Å²) in [6, 6.07) is -1.15. The van der Waals surface area contributed by atoms with Gasteiger partial charge in [0.05, 0.1) is 25.4 Å². The number of allylic oxidation sites excluding steroid dienone is 7. The molecule has 0 aromatic heterocycles. The Morgan fingerprint density at radius 3 is 1.48 bits per heavy atom. The van der Waals surface area contributed by atoms with E-state index in [0.29, 0.717) is 12.8 Å². The molecule has 1 aliphatic heterocycles. The van der Waals surface area contributed by atoms with E-state index in [1.807, 2.05) is 0 Å². The predicted octanol–water partition coefficient (Wildman–Crippen LogP) is 9.80. The van der Waals surface area contributed by atoms with Crippen molar-refractivity contribution in [1.29, 1.82) is 0 Å². The lowest BCUT2D eigenvalue weighted by molar-refractivity contribution is -0.298. The normalized spacial score (nSPS) is 21.0. The largest absolute Gasteiger partial charge is 0.397 e. The molecule has 1 aliphatic rings. The summed E-state index contributed by atoms with van der Waals surface area (Å²) in [6.07, 6.45) is 39.0. The van der Waals surface area contributed by atoms with E-state index < -0.39 is 78.5 Å². The molecule has 1 heterocycles. The Morgan fingerprint density at radius 2 is 1.03 bits per heavy atom. The zero-order valence-corrected chi connectivity index (χ0v) is 41.2. The van der Waals surface area contributed by atoms with Crippen LogP contribution < -0.4 is 5.32 Å². The second-order valence-corrected chi connectivity index (χ2v) is 18.9. The van der Waals surface area contributed by atoms with Crippen LogP contribution in [0.2, 0.25) is 0 Å². The molecule has 1 saturated heterocycles. The number of rotatable bonds is 43. The smallest absolute Gasteiger partial charge is 0.394 e. The van der Waals surface area contributed by atoms with E-state index in [-0.39, 0.29) is 6.42 Å². The molecule has 13 nitrogen and oxygen atoms in total. The fourth-order valence-electron chi connectivity index (χ4n) is 7.84. The van der Waals surface area contributed by atoms with Crippen molar-refractivity contribution in [2.75, 3.05) is 13.2 Å². The number of carbonyl (C=O) groups excluding carboxylic acids is 1. The molecule has 14 heteroatoms. The molecular formula is C51H93NO12S. The van der Waals surface area contributed by atoms with Crippen molar-refractivity contribution in [3.05, 3.63) is 48.6 Å².